The zero-order valence-corrected chi connectivity index (χ0v) is 15.3. The Balaban J connectivity index is 2.49. The van der Waals surface area contributed by atoms with Gasteiger partial charge in [-0.25, -0.2) is 0 Å². The van der Waals surface area contributed by atoms with Gasteiger partial charge in [-0.1, -0.05) is 13.3 Å². The summed E-state index contributed by atoms with van der Waals surface area (Å²) < 4.78 is 13.1. The third-order valence-corrected chi connectivity index (χ3v) is 3.91. The molecule has 3 nitrogen and oxygen atoms in total. The van der Waals surface area contributed by atoms with Crippen LogP contribution < -0.4 is 10.5 Å². The van der Waals surface area contributed by atoms with E-state index in [1.165, 1.54) is 5.56 Å². The van der Waals surface area contributed by atoms with Crippen LogP contribution in [0.25, 0.3) is 0 Å². The molecule has 1 atom stereocenters. The quantitative estimate of drug-likeness (QED) is 0.619. The van der Waals surface area contributed by atoms with Crippen LogP contribution in [0.1, 0.15) is 32.3 Å². The predicted octanol–water partition coefficient (Wildman–Crippen LogP) is 4.30. The Morgan fingerprint density at radius 1 is 1.15 bits per heavy atom. The predicted molar refractivity (Wildman–Crippen MR) is 90.4 cm³/mol. The van der Waals surface area contributed by atoms with Crippen molar-refractivity contribution >= 4 is 31.9 Å². The van der Waals surface area contributed by atoms with Gasteiger partial charge in [-0.15, -0.1) is 0 Å². The summed E-state index contributed by atoms with van der Waals surface area (Å²) in [5.74, 6) is 0.817. The molecule has 1 aromatic rings. The molecule has 0 saturated carbocycles. The summed E-state index contributed by atoms with van der Waals surface area (Å²) in [7, 11) is 0. The number of hydrogen-bond donors (Lipinski definition) is 1. The summed E-state index contributed by atoms with van der Waals surface area (Å²) in [5, 5.41) is 0. The van der Waals surface area contributed by atoms with Crippen LogP contribution in [0.4, 0.5) is 0 Å². The van der Waals surface area contributed by atoms with E-state index in [0.717, 1.165) is 40.6 Å². The number of ether oxygens (including phenoxy) is 2. The van der Waals surface area contributed by atoms with Crippen molar-refractivity contribution in [3.63, 3.8) is 0 Å². The van der Waals surface area contributed by atoms with Crippen LogP contribution in [0.3, 0.4) is 0 Å². The molecular weight excluding hydrogens is 386 g/mol. The summed E-state index contributed by atoms with van der Waals surface area (Å²) in [6, 6.07) is 4.26. The zero-order chi connectivity index (χ0) is 15.0. The van der Waals surface area contributed by atoms with Crippen LogP contribution in [0, 0.1) is 0 Å². The Bertz CT molecular complexity index is 388. The van der Waals surface area contributed by atoms with Crippen molar-refractivity contribution in [3.8, 4) is 5.75 Å². The van der Waals surface area contributed by atoms with Gasteiger partial charge in [-0.05, 0) is 69.3 Å². The summed E-state index contributed by atoms with van der Waals surface area (Å²) in [6.07, 6.45) is 3.09. The number of halogens is 2. The Hall–Kier alpha value is -0.100. The highest BCUT2D eigenvalue weighted by atomic mass is 79.9. The Kier molecular flexibility index (Phi) is 8.77. The first-order valence-electron chi connectivity index (χ1n) is 6.98. The van der Waals surface area contributed by atoms with Gasteiger partial charge in [0.15, 0.2) is 0 Å². The number of benzene rings is 1. The maximum atomic E-state index is 5.82. The van der Waals surface area contributed by atoms with E-state index in [4.69, 9.17) is 15.2 Å². The van der Waals surface area contributed by atoms with Crippen molar-refractivity contribution in [1.29, 1.82) is 0 Å². The lowest BCUT2D eigenvalue weighted by atomic mass is 10.1. The molecule has 1 rings (SSSR count). The van der Waals surface area contributed by atoms with Crippen LogP contribution in [-0.4, -0.2) is 25.9 Å². The molecule has 0 aliphatic carbocycles. The molecule has 0 saturated heterocycles. The van der Waals surface area contributed by atoms with Gasteiger partial charge in [0, 0.05) is 12.6 Å². The summed E-state index contributed by atoms with van der Waals surface area (Å²) in [5.41, 5.74) is 7.01. The molecule has 20 heavy (non-hydrogen) atoms. The highest BCUT2D eigenvalue weighted by Crippen LogP contribution is 2.35. The van der Waals surface area contributed by atoms with E-state index >= 15 is 0 Å². The van der Waals surface area contributed by atoms with Gasteiger partial charge in [-0.2, -0.15) is 0 Å². The van der Waals surface area contributed by atoms with E-state index in [-0.39, 0.29) is 6.04 Å². The molecule has 2 N–H and O–H groups in total. The minimum atomic E-state index is 0.146. The maximum absolute atomic E-state index is 5.82. The average molecular weight is 409 g/mol. The molecule has 0 heterocycles. The maximum Gasteiger partial charge on any atom is 0.147 e. The first-order valence-corrected chi connectivity index (χ1v) is 8.57. The SMILES string of the molecule is CCCCOCCOc1c(Br)cc(CC(C)N)cc1Br. The normalized spacial score (nSPS) is 12.4. The fourth-order valence-electron chi connectivity index (χ4n) is 1.79. The molecule has 5 heteroatoms. The first kappa shape index (κ1) is 18.0. The third kappa shape index (κ3) is 6.57. The Morgan fingerprint density at radius 2 is 1.80 bits per heavy atom. The van der Waals surface area contributed by atoms with Crippen molar-refractivity contribution in [1.82, 2.24) is 0 Å². The fraction of sp³-hybridized carbons (Fsp3) is 0.600. The van der Waals surface area contributed by atoms with Crippen molar-refractivity contribution in [2.75, 3.05) is 19.8 Å². The second-order valence-electron chi connectivity index (χ2n) is 4.88. The minimum absolute atomic E-state index is 0.146. The fourth-order valence-corrected chi connectivity index (χ4v) is 3.30. The largest absolute Gasteiger partial charge is 0.489 e. The Morgan fingerprint density at radius 3 is 2.35 bits per heavy atom. The van der Waals surface area contributed by atoms with E-state index in [1.54, 1.807) is 0 Å². The van der Waals surface area contributed by atoms with Gasteiger partial charge in [0.25, 0.3) is 0 Å². The third-order valence-electron chi connectivity index (χ3n) is 2.73. The first-order chi connectivity index (χ1) is 9.54. The van der Waals surface area contributed by atoms with Crippen molar-refractivity contribution < 1.29 is 9.47 Å². The number of hydrogen-bond acceptors (Lipinski definition) is 3. The lowest BCUT2D eigenvalue weighted by Gasteiger charge is -2.13. The minimum Gasteiger partial charge on any atom is -0.489 e. The second-order valence-corrected chi connectivity index (χ2v) is 6.59. The van der Waals surface area contributed by atoms with Crippen LogP contribution in [0.5, 0.6) is 5.75 Å². The molecule has 0 spiro atoms. The molecule has 1 unspecified atom stereocenters. The molecule has 0 aliphatic heterocycles. The van der Waals surface area contributed by atoms with Crippen molar-refractivity contribution in [2.24, 2.45) is 5.73 Å². The summed E-state index contributed by atoms with van der Waals surface area (Å²) in [4.78, 5) is 0. The summed E-state index contributed by atoms with van der Waals surface area (Å²) in [6.45, 7) is 6.11. The van der Waals surface area contributed by atoms with E-state index in [9.17, 15) is 0 Å². The van der Waals surface area contributed by atoms with E-state index < -0.39 is 0 Å². The summed E-state index contributed by atoms with van der Waals surface area (Å²) >= 11 is 7.09. The molecular formula is C15H23Br2NO2. The van der Waals surface area contributed by atoms with Gasteiger partial charge in [0.1, 0.15) is 12.4 Å². The van der Waals surface area contributed by atoms with Gasteiger partial charge < -0.3 is 15.2 Å². The van der Waals surface area contributed by atoms with Crippen LogP contribution in [0.15, 0.2) is 21.1 Å². The van der Waals surface area contributed by atoms with Crippen molar-refractivity contribution in [2.45, 2.75) is 39.2 Å². The molecule has 0 fully saturated rings. The molecule has 0 radical (unpaired) electrons. The smallest absolute Gasteiger partial charge is 0.147 e. The Labute approximate surface area is 138 Å². The topological polar surface area (TPSA) is 44.5 Å². The van der Waals surface area contributed by atoms with E-state index in [0.29, 0.717) is 13.2 Å². The van der Waals surface area contributed by atoms with E-state index in [1.807, 2.05) is 6.92 Å². The van der Waals surface area contributed by atoms with Crippen LogP contribution in [-0.2, 0) is 11.2 Å². The van der Waals surface area contributed by atoms with Gasteiger partial charge in [0.05, 0.1) is 15.6 Å². The highest BCUT2D eigenvalue weighted by molar-refractivity contribution is 9.11. The molecule has 0 aliphatic rings. The lowest BCUT2D eigenvalue weighted by Crippen LogP contribution is -2.17. The van der Waals surface area contributed by atoms with Crippen LogP contribution in [0.2, 0.25) is 0 Å². The number of unbranched alkanes of at least 4 members (excludes halogenated alkanes) is 1. The van der Waals surface area contributed by atoms with Gasteiger partial charge >= 0.3 is 0 Å². The number of rotatable bonds is 9. The molecule has 0 bridgehead atoms. The van der Waals surface area contributed by atoms with Crippen molar-refractivity contribution in [3.05, 3.63) is 26.6 Å². The monoisotopic (exact) mass is 407 g/mol. The zero-order valence-electron chi connectivity index (χ0n) is 12.1. The molecule has 114 valence electrons. The standard InChI is InChI=1S/C15H23Br2NO2/c1-3-4-5-19-6-7-20-15-13(16)9-12(8-11(2)18)10-14(15)17/h9-11H,3-8,18H2,1-2H3. The highest BCUT2D eigenvalue weighted by Gasteiger charge is 2.10. The lowest BCUT2D eigenvalue weighted by molar-refractivity contribution is 0.0975. The molecule has 0 amide bonds. The number of nitrogens with two attached hydrogens (primary N) is 1. The van der Waals surface area contributed by atoms with Gasteiger partial charge in [0.2, 0.25) is 0 Å². The van der Waals surface area contributed by atoms with E-state index in [2.05, 4.69) is 50.9 Å². The second kappa shape index (κ2) is 9.77. The average Bonchev–Trinajstić information content (AvgIpc) is 2.35. The van der Waals surface area contributed by atoms with Crippen LogP contribution >= 0.6 is 31.9 Å². The molecule has 1 aromatic carbocycles. The molecule has 0 aromatic heterocycles. The van der Waals surface area contributed by atoms with Gasteiger partial charge in [-0.3, -0.25) is 0 Å².